The van der Waals surface area contributed by atoms with Crippen LogP contribution in [-0.2, 0) is 14.3 Å². The fourth-order valence-corrected chi connectivity index (χ4v) is 1.95. The van der Waals surface area contributed by atoms with Crippen LogP contribution in [0.3, 0.4) is 0 Å². The summed E-state index contributed by atoms with van der Waals surface area (Å²) in [6.45, 7) is 6.42. The summed E-state index contributed by atoms with van der Waals surface area (Å²) in [7, 11) is 0. The SMILES string of the molecule is CC(C)(C)OC(=O)C1CCCN1C(=O)CCN. The fourth-order valence-electron chi connectivity index (χ4n) is 1.95. The number of likely N-dealkylation sites (tertiary alicyclic amines) is 1. The molecule has 5 nitrogen and oxygen atoms in total. The van der Waals surface area contributed by atoms with Crippen molar-refractivity contribution < 1.29 is 14.3 Å². The van der Waals surface area contributed by atoms with Gasteiger partial charge in [0, 0.05) is 19.5 Å². The van der Waals surface area contributed by atoms with Gasteiger partial charge in [-0.2, -0.15) is 0 Å². The maximum absolute atomic E-state index is 11.9. The van der Waals surface area contributed by atoms with Crippen molar-refractivity contribution in [3.8, 4) is 0 Å². The van der Waals surface area contributed by atoms with E-state index in [1.807, 2.05) is 20.8 Å². The minimum Gasteiger partial charge on any atom is -0.458 e. The van der Waals surface area contributed by atoms with E-state index < -0.39 is 11.6 Å². The Hall–Kier alpha value is -1.10. The van der Waals surface area contributed by atoms with Gasteiger partial charge >= 0.3 is 5.97 Å². The van der Waals surface area contributed by atoms with Gasteiger partial charge in [0.25, 0.3) is 0 Å². The molecule has 0 aromatic heterocycles. The summed E-state index contributed by atoms with van der Waals surface area (Å²) in [6, 6.07) is -0.423. The van der Waals surface area contributed by atoms with Gasteiger partial charge in [-0.15, -0.1) is 0 Å². The Bertz CT molecular complexity index is 297. The van der Waals surface area contributed by atoms with Gasteiger partial charge < -0.3 is 15.4 Å². The molecule has 1 rings (SSSR count). The molecule has 0 aliphatic carbocycles. The molecule has 0 aromatic carbocycles. The molecule has 1 saturated heterocycles. The summed E-state index contributed by atoms with van der Waals surface area (Å²) < 4.78 is 5.32. The van der Waals surface area contributed by atoms with Crippen molar-refractivity contribution >= 4 is 11.9 Å². The van der Waals surface area contributed by atoms with Crippen LogP contribution in [0.25, 0.3) is 0 Å². The maximum Gasteiger partial charge on any atom is 0.329 e. The van der Waals surface area contributed by atoms with Crippen LogP contribution in [-0.4, -0.2) is 41.5 Å². The number of nitrogens with zero attached hydrogens (tertiary/aromatic N) is 1. The highest BCUT2D eigenvalue weighted by atomic mass is 16.6. The number of rotatable bonds is 3. The Morgan fingerprint density at radius 1 is 1.41 bits per heavy atom. The third kappa shape index (κ3) is 4.00. The lowest BCUT2D eigenvalue weighted by Gasteiger charge is -2.27. The van der Waals surface area contributed by atoms with Crippen molar-refractivity contribution in [2.45, 2.75) is 51.7 Å². The van der Waals surface area contributed by atoms with Crippen LogP contribution in [0.2, 0.25) is 0 Å². The first-order valence-corrected chi connectivity index (χ1v) is 6.07. The Morgan fingerprint density at radius 3 is 2.59 bits per heavy atom. The molecule has 17 heavy (non-hydrogen) atoms. The van der Waals surface area contributed by atoms with Gasteiger partial charge in [-0.05, 0) is 33.6 Å². The van der Waals surface area contributed by atoms with Gasteiger partial charge in [-0.25, -0.2) is 4.79 Å². The summed E-state index contributed by atoms with van der Waals surface area (Å²) in [5.41, 5.74) is 4.85. The van der Waals surface area contributed by atoms with E-state index in [4.69, 9.17) is 10.5 Å². The van der Waals surface area contributed by atoms with Crippen LogP contribution in [0.4, 0.5) is 0 Å². The Kier molecular flexibility index (Phi) is 4.51. The fraction of sp³-hybridized carbons (Fsp3) is 0.833. The largest absolute Gasteiger partial charge is 0.458 e. The van der Waals surface area contributed by atoms with Crippen LogP contribution in [0.15, 0.2) is 0 Å². The molecule has 0 aromatic rings. The van der Waals surface area contributed by atoms with E-state index in [2.05, 4.69) is 0 Å². The van der Waals surface area contributed by atoms with E-state index in [0.717, 1.165) is 6.42 Å². The van der Waals surface area contributed by atoms with Crippen molar-refractivity contribution in [1.29, 1.82) is 0 Å². The van der Waals surface area contributed by atoms with Gasteiger partial charge in [-0.1, -0.05) is 0 Å². The summed E-state index contributed by atoms with van der Waals surface area (Å²) >= 11 is 0. The molecule has 0 bridgehead atoms. The highest BCUT2D eigenvalue weighted by molar-refractivity contribution is 5.85. The molecule has 1 fully saturated rings. The number of carbonyl (C=O) groups excluding carboxylic acids is 2. The predicted octanol–water partition coefficient (Wildman–Crippen LogP) is 0.668. The molecule has 0 radical (unpaired) electrons. The minimum absolute atomic E-state index is 0.0548. The van der Waals surface area contributed by atoms with Crippen molar-refractivity contribution in [3.05, 3.63) is 0 Å². The lowest BCUT2D eigenvalue weighted by Crippen LogP contribution is -2.44. The van der Waals surface area contributed by atoms with Crippen LogP contribution in [0.5, 0.6) is 0 Å². The molecule has 0 saturated carbocycles. The average Bonchev–Trinajstić information content (AvgIpc) is 2.63. The van der Waals surface area contributed by atoms with Gasteiger partial charge in [0.15, 0.2) is 0 Å². The first kappa shape index (κ1) is 14.0. The monoisotopic (exact) mass is 242 g/mol. The molecule has 1 atom stereocenters. The van der Waals surface area contributed by atoms with Crippen molar-refractivity contribution in [2.24, 2.45) is 5.73 Å². The van der Waals surface area contributed by atoms with E-state index in [1.54, 1.807) is 4.90 Å². The molecule has 2 N–H and O–H groups in total. The van der Waals surface area contributed by atoms with Gasteiger partial charge in [0.2, 0.25) is 5.91 Å². The van der Waals surface area contributed by atoms with Crippen LogP contribution >= 0.6 is 0 Å². The Labute approximate surface area is 102 Å². The third-order valence-corrected chi connectivity index (χ3v) is 2.61. The lowest BCUT2D eigenvalue weighted by atomic mass is 10.1. The van der Waals surface area contributed by atoms with E-state index >= 15 is 0 Å². The molecule has 1 heterocycles. The number of hydrogen-bond donors (Lipinski definition) is 1. The van der Waals surface area contributed by atoms with Gasteiger partial charge in [0.05, 0.1) is 0 Å². The normalized spacial score (nSPS) is 20.5. The van der Waals surface area contributed by atoms with Crippen LogP contribution < -0.4 is 5.73 Å². The molecular weight excluding hydrogens is 220 g/mol. The molecular formula is C12H22N2O3. The number of hydrogen-bond acceptors (Lipinski definition) is 4. The highest BCUT2D eigenvalue weighted by Crippen LogP contribution is 2.21. The lowest BCUT2D eigenvalue weighted by molar-refractivity contribution is -0.163. The van der Waals surface area contributed by atoms with Gasteiger partial charge in [0.1, 0.15) is 11.6 Å². The zero-order valence-electron chi connectivity index (χ0n) is 10.9. The number of esters is 1. The number of ether oxygens (including phenoxy) is 1. The second-order valence-corrected chi connectivity index (χ2v) is 5.32. The Balaban J connectivity index is 2.63. The first-order chi connectivity index (χ1) is 7.85. The quantitative estimate of drug-likeness (QED) is 0.738. The summed E-state index contributed by atoms with van der Waals surface area (Å²) in [6.07, 6.45) is 1.82. The smallest absolute Gasteiger partial charge is 0.329 e. The molecule has 5 heteroatoms. The number of carbonyl (C=O) groups is 2. The van der Waals surface area contributed by atoms with E-state index in [-0.39, 0.29) is 11.9 Å². The predicted molar refractivity (Wildman–Crippen MR) is 64.3 cm³/mol. The van der Waals surface area contributed by atoms with Crippen LogP contribution in [0.1, 0.15) is 40.0 Å². The van der Waals surface area contributed by atoms with Crippen molar-refractivity contribution in [1.82, 2.24) is 4.90 Å². The molecule has 1 aliphatic rings. The van der Waals surface area contributed by atoms with Crippen LogP contribution in [0, 0.1) is 0 Å². The zero-order chi connectivity index (χ0) is 13.1. The third-order valence-electron chi connectivity index (χ3n) is 2.61. The molecule has 0 spiro atoms. The zero-order valence-corrected chi connectivity index (χ0v) is 10.9. The van der Waals surface area contributed by atoms with Crippen molar-refractivity contribution in [3.63, 3.8) is 0 Å². The van der Waals surface area contributed by atoms with E-state index in [1.165, 1.54) is 0 Å². The topological polar surface area (TPSA) is 72.6 Å². The maximum atomic E-state index is 11.9. The Morgan fingerprint density at radius 2 is 2.06 bits per heavy atom. The van der Waals surface area contributed by atoms with Gasteiger partial charge in [-0.3, -0.25) is 4.79 Å². The number of amides is 1. The molecule has 98 valence electrons. The summed E-state index contributed by atoms with van der Waals surface area (Å²) in [5.74, 6) is -0.360. The second kappa shape index (κ2) is 5.49. The second-order valence-electron chi connectivity index (χ2n) is 5.32. The molecule has 1 unspecified atom stereocenters. The summed E-state index contributed by atoms with van der Waals surface area (Å²) in [4.78, 5) is 25.3. The molecule has 1 aliphatic heterocycles. The molecule has 1 amide bonds. The number of nitrogens with two attached hydrogens (primary N) is 1. The average molecular weight is 242 g/mol. The summed E-state index contributed by atoms with van der Waals surface area (Å²) in [5, 5.41) is 0. The first-order valence-electron chi connectivity index (χ1n) is 6.07. The van der Waals surface area contributed by atoms with E-state index in [0.29, 0.717) is 25.9 Å². The highest BCUT2D eigenvalue weighted by Gasteiger charge is 2.36. The van der Waals surface area contributed by atoms with Crippen molar-refractivity contribution in [2.75, 3.05) is 13.1 Å². The standard InChI is InChI=1S/C12H22N2O3/c1-12(2,3)17-11(16)9-5-4-8-14(9)10(15)6-7-13/h9H,4-8,13H2,1-3H3. The minimum atomic E-state index is -0.512. The van der Waals surface area contributed by atoms with E-state index in [9.17, 15) is 9.59 Å².